The molecule has 5 N–H and O–H groups in total. The molecular weight excluding hydrogens is 460 g/mol. The summed E-state index contributed by atoms with van der Waals surface area (Å²) < 4.78 is 16.7. The predicted octanol–water partition coefficient (Wildman–Crippen LogP) is 0.990. The average Bonchev–Trinajstić information content (AvgIpc) is 3.14. The number of hydrogen-bond acceptors (Lipinski definition) is 10. The molecule has 10 heteroatoms. The Morgan fingerprint density at radius 2 is 1.86 bits per heavy atom. The molecule has 0 amide bonds. The molecule has 2 fully saturated rings. The van der Waals surface area contributed by atoms with Gasteiger partial charge in [0.25, 0.3) is 0 Å². The smallest absolute Gasteiger partial charge is 0.234 e. The molecule has 7 rings (SSSR count). The summed E-state index contributed by atoms with van der Waals surface area (Å²) in [5, 5.41) is 52.0. The first kappa shape index (κ1) is 21.9. The number of fused-ring (bicyclic) bond motifs is 1. The van der Waals surface area contributed by atoms with Crippen molar-refractivity contribution in [3.63, 3.8) is 0 Å². The summed E-state index contributed by atoms with van der Waals surface area (Å²) >= 11 is 0. The van der Waals surface area contributed by atoms with Crippen LogP contribution in [0.5, 0.6) is 28.7 Å². The summed E-state index contributed by atoms with van der Waals surface area (Å²) in [5.74, 6) is -6.84. The highest BCUT2D eigenvalue weighted by atomic mass is 16.6. The summed E-state index contributed by atoms with van der Waals surface area (Å²) in [7, 11) is 1.42. The van der Waals surface area contributed by atoms with Gasteiger partial charge in [-0.15, -0.1) is 0 Å². The normalized spacial score (nSPS) is 34.9. The molecule has 2 heterocycles. The van der Waals surface area contributed by atoms with E-state index in [0.717, 1.165) is 12.1 Å². The van der Waals surface area contributed by atoms with Gasteiger partial charge in [0.15, 0.2) is 29.5 Å². The lowest BCUT2D eigenvalue weighted by molar-refractivity contribution is -0.206. The fourth-order valence-corrected chi connectivity index (χ4v) is 6.16. The van der Waals surface area contributed by atoms with Gasteiger partial charge in [-0.25, -0.2) is 0 Å². The Morgan fingerprint density at radius 3 is 2.60 bits per heavy atom. The number of hydrogen-bond donors (Lipinski definition) is 5. The van der Waals surface area contributed by atoms with Crippen LogP contribution in [-0.2, 0) is 9.53 Å². The number of phenolic OH excluding ortho intramolecular Hbond substituents is 3. The van der Waals surface area contributed by atoms with Gasteiger partial charge in [0, 0.05) is 29.9 Å². The second-order valence-corrected chi connectivity index (χ2v) is 9.35. The van der Waals surface area contributed by atoms with E-state index in [1.165, 1.54) is 13.2 Å². The molecule has 182 valence electrons. The van der Waals surface area contributed by atoms with Crippen molar-refractivity contribution in [2.45, 2.75) is 23.9 Å². The number of phenols is 3. The van der Waals surface area contributed by atoms with Crippen molar-refractivity contribution in [1.82, 2.24) is 0 Å². The van der Waals surface area contributed by atoms with Gasteiger partial charge in [-0.2, -0.15) is 0 Å². The Bertz CT molecular complexity index is 1320. The molecule has 10 nitrogen and oxygen atoms in total. The van der Waals surface area contributed by atoms with Gasteiger partial charge >= 0.3 is 0 Å². The molecule has 5 aliphatic rings. The summed E-state index contributed by atoms with van der Waals surface area (Å²) in [6.45, 7) is 0.0452. The molecule has 0 radical (unpaired) electrons. The number of benzene rings is 2. The molecule has 0 aromatic heterocycles. The lowest BCUT2D eigenvalue weighted by Crippen LogP contribution is -2.60. The number of aliphatic hydroxyl groups is 2. The minimum atomic E-state index is -2.13. The number of methoxy groups -OCH3 is 1. The molecule has 2 aliphatic heterocycles. The third-order valence-corrected chi connectivity index (χ3v) is 7.62. The molecule has 2 aromatic carbocycles. The average molecular weight is 482 g/mol. The van der Waals surface area contributed by atoms with E-state index in [1.54, 1.807) is 18.2 Å². The van der Waals surface area contributed by atoms with E-state index in [-0.39, 0.29) is 35.2 Å². The van der Waals surface area contributed by atoms with Crippen molar-refractivity contribution in [3.05, 3.63) is 53.1 Å². The molecule has 0 unspecified atom stereocenters. The van der Waals surface area contributed by atoms with Gasteiger partial charge in [-0.1, -0.05) is 12.1 Å². The van der Waals surface area contributed by atoms with Crippen molar-refractivity contribution < 1.29 is 49.3 Å². The Labute approximate surface area is 198 Å². The van der Waals surface area contributed by atoms with Crippen LogP contribution < -0.4 is 9.47 Å². The van der Waals surface area contributed by atoms with Crippen LogP contribution in [-0.4, -0.2) is 68.8 Å². The number of allylic oxidation sites excluding steroid dienone is 1. The lowest BCUT2D eigenvalue weighted by Gasteiger charge is -2.50. The summed E-state index contributed by atoms with van der Waals surface area (Å²) in [4.78, 5) is 26.2. The van der Waals surface area contributed by atoms with Crippen LogP contribution in [0.3, 0.4) is 0 Å². The Kier molecular flexibility index (Phi) is 4.51. The number of aliphatic hydroxyl groups excluding tert-OH is 1. The standard InChI is InChI=1S/C25H22O10/c1-33-16-4-9(2-3-14(16)27)18-11-7-12(20-13(18)8-34-25(20,32)24(11)31)23-22(30)21(29)19-15(28)5-10(26)6-17(19)35-23/h2-7,11,13,18,20,22-23,26-28,30,32H,8H2,1H3/t11-,13+,18+,20+,22+,23+,25+/m1/s1. The highest BCUT2D eigenvalue weighted by Crippen LogP contribution is 2.61. The van der Waals surface area contributed by atoms with E-state index in [0.29, 0.717) is 11.1 Å². The first-order valence-corrected chi connectivity index (χ1v) is 11.1. The fraction of sp³-hybridized carbons (Fsp3) is 0.360. The SMILES string of the molecule is COc1cc([C@@H]2[C@@H]3CO[C@]4(O)C(=O)[C@@H]2C=C([C@@H]2Oc5cc(O)cc(O)c5C(=O)[C@@H]2O)[C@@H]34)ccc1O. The first-order valence-electron chi connectivity index (χ1n) is 11.1. The quantitative estimate of drug-likeness (QED) is 0.399. The largest absolute Gasteiger partial charge is 0.508 e. The zero-order valence-electron chi connectivity index (χ0n) is 18.4. The number of ether oxygens (including phenoxy) is 3. The van der Waals surface area contributed by atoms with E-state index in [9.17, 15) is 35.1 Å². The fourth-order valence-electron chi connectivity index (χ4n) is 6.16. The topological polar surface area (TPSA) is 163 Å². The van der Waals surface area contributed by atoms with Crippen LogP contribution in [0, 0.1) is 17.8 Å². The molecule has 2 aromatic rings. The van der Waals surface area contributed by atoms with E-state index < -0.39 is 59.0 Å². The molecule has 0 spiro atoms. The lowest BCUT2D eigenvalue weighted by atomic mass is 9.55. The number of rotatable bonds is 3. The maximum atomic E-state index is 13.3. The number of carbonyl (C=O) groups is 2. The molecule has 1 saturated carbocycles. The van der Waals surface area contributed by atoms with Gasteiger partial charge in [-0.3, -0.25) is 9.59 Å². The predicted molar refractivity (Wildman–Crippen MR) is 116 cm³/mol. The third-order valence-electron chi connectivity index (χ3n) is 7.62. The zero-order chi connectivity index (χ0) is 24.8. The summed E-state index contributed by atoms with van der Waals surface area (Å²) in [5.41, 5.74) is 0.796. The summed E-state index contributed by atoms with van der Waals surface area (Å²) in [6, 6.07) is 6.91. The van der Waals surface area contributed by atoms with Crippen LogP contribution in [0.25, 0.3) is 0 Å². The second kappa shape index (κ2) is 7.20. The van der Waals surface area contributed by atoms with Crippen molar-refractivity contribution in [2.24, 2.45) is 17.8 Å². The third kappa shape index (κ3) is 2.81. The van der Waals surface area contributed by atoms with Gasteiger partial charge in [-0.05, 0) is 23.3 Å². The Balaban J connectivity index is 1.46. The van der Waals surface area contributed by atoms with E-state index in [2.05, 4.69) is 0 Å². The van der Waals surface area contributed by atoms with Crippen molar-refractivity contribution >= 4 is 11.6 Å². The van der Waals surface area contributed by atoms with Gasteiger partial charge in [0.05, 0.1) is 19.6 Å². The van der Waals surface area contributed by atoms with E-state index in [1.807, 2.05) is 0 Å². The van der Waals surface area contributed by atoms with Crippen molar-refractivity contribution in [2.75, 3.05) is 13.7 Å². The zero-order valence-corrected chi connectivity index (χ0v) is 18.4. The number of aromatic hydroxyl groups is 3. The number of carbonyl (C=O) groups excluding carboxylic acids is 2. The van der Waals surface area contributed by atoms with Crippen LogP contribution in [0.4, 0.5) is 0 Å². The van der Waals surface area contributed by atoms with Gasteiger partial charge < -0.3 is 39.7 Å². The highest BCUT2D eigenvalue weighted by Gasteiger charge is 2.69. The highest BCUT2D eigenvalue weighted by molar-refractivity contribution is 6.06. The first-order chi connectivity index (χ1) is 16.7. The number of Topliss-reactive ketones (excluding diaryl/α,β-unsaturated/α-hetero) is 2. The van der Waals surface area contributed by atoms with Crippen molar-refractivity contribution in [3.8, 4) is 28.7 Å². The van der Waals surface area contributed by atoms with Crippen molar-refractivity contribution in [1.29, 1.82) is 0 Å². The second-order valence-electron chi connectivity index (χ2n) is 9.35. The van der Waals surface area contributed by atoms with Crippen LogP contribution in [0.15, 0.2) is 42.0 Å². The van der Waals surface area contributed by atoms with Gasteiger partial charge in [0.2, 0.25) is 11.6 Å². The minimum absolute atomic E-state index is 0.0452. The van der Waals surface area contributed by atoms with Crippen LogP contribution in [0.1, 0.15) is 21.8 Å². The summed E-state index contributed by atoms with van der Waals surface area (Å²) in [6.07, 6.45) is -1.37. The Hall–Kier alpha value is -3.60. The monoisotopic (exact) mass is 482 g/mol. The molecule has 4 bridgehead atoms. The molecule has 1 saturated heterocycles. The van der Waals surface area contributed by atoms with E-state index >= 15 is 0 Å². The maximum absolute atomic E-state index is 13.3. The van der Waals surface area contributed by atoms with Crippen LogP contribution >= 0.6 is 0 Å². The Morgan fingerprint density at radius 1 is 1.09 bits per heavy atom. The van der Waals surface area contributed by atoms with E-state index in [4.69, 9.17) is 14.2 Å². The minimum Gasteiger partial charge on any atom is -0.508 e. The van der Waals surface area contributed by atoms with Gasteiger partial charge in [0.1, 0.15) is 22.8 Å². The van der Waals surface area contributed by atoms with Crippen LogP contribution in [0.2, 0.25) is 0 Å². The number of ketones is 2. The molecular formula is C25H22O10. The molecule has 35 heavy (non-hydrogen) atoms. The molecule has 7 atom stereocenters. The molecule has 3 aliphatic carbocycles. The maximum Gasteiger partial charge on any atom is 0.234 e.